The number of benzene rings is 1. The maximum atomic E-state index is 14.2. The highest BCUT2D eigenvalue weighted by Gasteiger charge is 2.32. The van der Waals surface area contributed by atoms with Crippen LogP contribution < -0.4 is 9.64 Å². The number of methoxy groups -OCH3 is 1. The van der Waals surface area contributed by atoms with Gasteiger partial charge in [-0.1, -0.05) is 0 Å². The lowest BCUT2D eigenvalue weighted by atomic mass is 10.1. The summed E-state index contributed by atoms with van der Waals surface area (Å²) in [6, 6.07) is 4.50. The average Bonchev–Trinajstić information content (AvgIpc) is 3.07. The number of thiophene rings is 1. The SMILES string of the molecule is COc1cc(F)c([N+](=O)[O-])c(N2CC(C)OC(c3ccsc3)C2)c1. The van der Waals surface area contributed by atoms with Gasteiger partial charge in [0.1, 0.15) is 17.5 Å². The molecule has 0 saturated carbocycles. The third kappa shape index (κ3) is 3.20. The second kappa shape index (κ2) is 6.74. The predicted octanol–water partition coefficient (Wildman–Crippen LogP) is 3.77. The van der Waals surface area contributed by atoms with Crippen molar-refractivity contribution in [2.75, 3.05) is 25.1 Å². The van der Waals surface area contributed by atoms with Crippen molar-refractivity contribution in [2.24, 2.45) is 0 Å². The van der Waals surface area contributed by atoms with Crippen molar-refractivity contribution in [1.82, 2.24) is 0 Å². The van der Waals surface area contributed by atoms with Crippen molar-refractivity contribution in [2.45, 2.75) is 19.1 Å². The molecule has 6 nitrogen and oxygen atoms in total. The van der Waals surface area contributed by atoms with E-state index in [9.17, 15) is 14.5 Å². The summed E-state index contributed by atoms with van der Waals surface area (Å²) in [6.45, 7) is 2.75. The Labute approximate surface area is 142 Å². The second-order valence-corrected chi connectivity index (χ2v) is 6.41. The van der Waals surface area contributed by atoms with Gasteiger partial charge in [-0.15, -0.1) is 0 Å². The van der Waals surface area contributed by atoms with E-state index in [1.165, 1.54) is 13.2 Å². The summed E-state index contributed by atoms with van der Waals surface area (Å²) >= 11 is 1.56. The van der Waals surface area contributed by atoms with Crippen LogP contribution in [-0.4, -0.2) is 31.2 Å². The van der Waals surface area contributed by atoms with Gasteiger partial charge < -0.3 is 14.4 Å². The van der Waals surface area contributed by atoms with Gasteiger partial charge in [-0.3, -0.25) is 10.1 Å². The third-order valence-electron chi connectivity index (χ3n) is 3.95. The minimum absolute atomic E-state index is 0.141. The van der Waals surface area contributed by atoms with Crippen LogP contribution in [0.25, 0.3) is 0 Å². The molecule has 0 spiro atoms. The zero-order valence-electron chi connectivity index (χ0n) is 13.3. The van der Waals surface area contributed by atoms with Gasteiger partial charge in [0.15, 0.2) is 0 Å². The van der Waals surface area contributed by atoms with E-state index in [0.717, 1.165) is 11.6 Å². The van der Waals surface area contributed by atoms with Crippen LogP contribution in [0.2, 0.25) is 0 Å². The number of morpholine rings is 1. The van der Waals surface area contributed by atoms with Crippen LogP contribution in [-0.2, 0) is 4.74 Å². The summed E-state index contributed by atoms with van der Waals surface area (Å²) in [5.74, 6) is -0.653. The lowest BCUT2D eigenvalue weighted by molar-refractivity contribution is -0.386. The van der Waals surface area contributed by atoms with E-state index in [0.29, 0.717) is 13.1 Å². The Morgan fingerprint density at radius 2 is 2.25 bits per heavy atom. The quantitative estimate of drug-likeness (QED) is 0.619. The van der Waals surface area contributed by atoms with Gasteiger partial charge in [-0.2, -0.15) is 15.7 Å². The number of nitro benzene ring substituents is 1. The van der Waals surface area contributed by atoms with E-state index < -0.39 is 16.4 Å². The molecule has 0 radical (unpaired) electrons. The fourth-order valence-corrected chi connectivity index (χ4v) is 3.59. The highest BCUT2D eigenvalue weighted by molar-refractivity contribution is 7.07. The summed E-state index contributed by atoms with van der Waals surface area (Å²) in [6.07, 6.45) is -0.355. The van der Waals surface area contributed by atoms with E-state index in [-0.39, 0.29) is 23.6 Å². The van der Waals surface area contributed by atoms with Crippen molar-refractivity contribution < 1.29 is 18.8 Å². The zero-order chi connectivity index (χ0) is 17.3. The molecule has 0 aliphatic carbocycles. The van der Waals surface area contributed by atoms with E-state index in [2.05, 4.69) is 0 Å². The number of anilines is 1. The molecule has 0 bridgehead atoms. The van der Waals surface area contributed by atoms with Crippen molar-refractivity contribution in [3.05, 3.63) is 50.5 Å². The molecule has 0 amide bonds. The molecule has 128 valence electrons. The standard InChI is InChI=1S/C16H17FN2O4S/c1-10-7-18(8-15(23-10)11-3-4-24-9-11)14-6-12(22-2)5-13(17)16(14)19(20)21/h3-6,9-10,15H,7-8H2,1-2H3. The van der Waals surface area contributed by atoms with Crippen molar-refractivity contribution in [3.8, 4) is 5.75 Å². The van der Waals surface area contributed by atoms with Crippen molar-refractivity contribution in [3.63, 3.8) is 0 Å². The van der Waals surface area contributed by atoms with E-state index in [4.69, 9.17) is 9.47 Å². The maximum absolute atomic E-state index is 14.2. The Balaban J connectivity index is 2.00. The Morgan fingerprint density at radius 1 is 1.46 bits per heavy atom. The summed E-state index contributed by atoms with van der Waals surface area (Å²) in [7, 11) is 1.40. The Hall–Kier alpha value is -2.19. The minimum Gasteiger partial charge on any atom is -0.497 e. The normalized spacial score (nSPS) is 20.9. The van der Waals surface area contributed by atoms with Crippen LogP contribution in [0.5, 0.6) is 5.75 Å². The number of halogens is 1. The molecule has 24 heavy (non-hydrogen) atoms. The Kier molecular flexibility index (Phi) is 4.68. The van der Waals surface area contributed by atoms with Crippen LogP contribution in [0, 0.1) is 15.9 Å². The van der Waals surface area contributed by atoms with E-state index in [1.54, 1.807) is 16.2 Å². The molecule has 0 N–H and O–H groups in total. The molecule has 1 saturated heterocycles. The topological polar surface area (TPSA) is 64.8 Å². The first-order valence-corrected chi connectivity index (χ1v) is 8.38. The predicted molar refractivity (Wildman–Crippen MR) is 89.4 cm³/mol. The summed E-state index contributed by atoms with van der Waals surface area (Å²) in [4.78, 5) is 12.4. The molecule has 1 aromatic carbocycles. The van der Waals surface area contributed by atoms with E-state index >= 15 is 0 Å². The molecule has 3 rings (SSSR count). The molecule has 2 heterocycles. The lowest BCUT2D eigenvalue weighted by Gasteiger charge is -2.37. The van der Waals surface area contributed by atoms with E-state index in [1.807, 2.05) is 23.8 Å². The number of ether oxygens (including phenoxy) is 2. The van der Waals surface area contributed by atoms with Gasteiger partial charge in [-0.05, 0) is 29.3 Å². The largest absolute Gasteiger partial charge is 0.497 e. The van der Waals surface area contributed by atoms with Gasteiger partial charge in [-0.25, -0.2) is 0 Å². The molecule has 1 aliphatic heterocycles. The van der Waals surface area contributed by atoms with Crippen LogP contribution in [0.1, 0.15) is 18.6 Å². The Bertz CT molecular complexity index is 738. The van der Waals surface area contributed by atoms with Gasteiger partial charge >= 0.3 is 5.69 Å². The van der Waals surface area contributed by atoms with Crippen LogP contribution >= 0.6 is 11.3 Å². The second-order valence-electron chi connectivity index (χ2n) is 5.63. The molecule has 1 aliphatic rings. The third-order valence-corrected chi connectivity index (χ3v) is 4.65. The first kappa shape index (κ1) is 16.7. The molecular weight excluding hydrogens is 335 g/mol. The first-order valence-electron chi connectivity index (χ1n) is 7.44. The van der Waals surface area contributed by atoms with Crippen LogP contribution in [0.15, 0.2) is 29.0 Å². The molecule has 1 fully saturated rings. The monoisotopic (exact) mass is 352 g/mol. The van der Waals surface area contributed by atoms with Gasteiger partial charge in [0.2, 0.25) is 5.82 Å². The number of rotatable bonds is 4. The van der Waals surface area contributed by atoms with Gasteiger partial charge in [0, 0.05) is 25.2 Å². The fraction of sp³-hybridized carbons (Fsp3) is 0.375. The molecular formula is C16H17FN2O4S. The van der Waals surface area contributed by atoms with Gasteiger partial charge in [0.25, 0.3) is 0 Å². The van der Waals surface area contributed by atoms with Crippen molar-refractivity contribution in [1.29, 1.82) is 0 Å². The summed E-state index contributed by atoms with van der Waals surface area (Å²) in [5, 5.41) is 15.3. The molecule has 2 atom stereocenters. The number of nitrogens with zero attached hydrogens (tertiary/aromatic N) is 2. The highest BCUT2D eigenvalue weighted by atomic mass is 32.1. The summed E-state index contributed by atoms with van der Waals surface area (Å²) in [5.41, 5.74) is 0.698. The van der Waals surface area contributed by atoms with Crippen molar-refractivity contribution >= 4 is 22.7 Å². The number of nitro groups is 1. The highest BCUT2D eigenvalue weighted by Crippen LogP contribution is 2.38. The van der Waals surface area contributed by atoms with Crippen LogP contribution in [0.3, 0.4) is 0 Å². The molecule has 2 aromatic rings. The van der Waals surface area contributed by atoms with Gasteiger partial charge in [0.05, 0.1) is 18.1 Å². The summed E-state index contributed by atoms with van der Waals surface area (Å²) < 4.78 is 25.2. The number of hydrogen-bond donors (Lipinski definition) is 0. The lowest BCUT2D eigenvalue weighted by Crippen LogP contribution is -2.43. The van der Waals surface area contributed by atoms with Crippen LogP contribution in [0.4, 0.5) is 15.8 Å². The molecule has 2 unspecified atom stereocenters. The smallest absolute Gasteiger partial charge is 0.328 e. The minimum atomic E-state index is -0.902. The maximum Gasteiger partial charge on any atom is 0.328 e. The first-order chi connectivity index (χ1) is 11.5. The Morgan fingerprint density at radius 3 is 2.88 bits per heavy atom. The fourth-order valence-electron chi connectivity index (χ4n) is 2.89. The molecule has 1 aromatic heterocycles. The average molecular weight is 352 g/mol. The number of hydrogen-bond acceptors (Lipinski definition) is 6. The molecule has 8 heteroatoms. The zero-order valence-corrected chi connectivity index (χ0v) is 14.1.